The van der Waals surface area contributed by atoms with E-state index in [1.54, 1.807) is 0 Å². The molecule has 3 aromatic rings. The number of ether oxygens (including phenoxy) is 2. The van der Waals surface area contributed by atoms with Crippen molar-refractivity contribution in [2.75, 3.05) is 30.4 Å². The molecule has 31 heavy (non-hydrogen) atoms. The highest BCUT2D eigenvalue weighted by atomic mass is 16.5. The fourth-order valence-electron chi connectivity index (χ4n) is 2.89. The molecule has 0 unspecified atom stereocenters. The van der Waals surface area contributed by atoms with Gasteiger partial charge >= 0.3 is 0 Å². The lowest BCUT2D eigenvalue weighted by Crippen LogP contribution is -2.21. The Hall–Kier alpha value is -3.47. The third-order valence-electron chi connectivity index (χ3n) is 4.53. The maximum absolute atomic E-state index is 12.2. The highest BCUT2D eigenvalue weighted by molar-refractivity contribution is 5.93. The molecule has 0 atom stereocenters. The maximum Gasteiger partial charge on any atom is 0.243 e. The Morgan fingerprint density at radius 2 is 1.42 bits per heavy atom. The van der Waals surface area contributed by atoms with Crippen LogP contribution in [0.25, 0.3) is 0 Å². The molecular formula is C26H30N2O3. The number of nitrogens with one attached hydrogen (secondary N) is 2. The Bertz CT molecular complexity index is 923. The molecule has 0 aromatic heterocycles. The summed E-state index contributed by atoms with van der Waals surface area (Å²) in [5.41, 5.74) is 2.86. The van der Waals surface area contributed by atoms with Gasteiger partial charge in [0.25, 0.3) is 0 Å². The number of amides is 1. The minimum Gasteiger partial charge on any atom is -0.493 e. The topological polar surface area (TPSA) is 59.6 Å². The standard InChI is InChI=1S/C26H30N2O3/c1-20(2)19-31-25-14-10-23(11-15-25)28-26(29)18-27-22-8-12-24(13-9-22)30-17-16-21-6-4-3-5-7-21/h3-15,20,27H,16-19H2,1-2H3,(H,28,29). The number of hydrogen-bond donors (Lipinski definition) is 2. The van der Waals surface area contributed by atoms with Gasteiger partial charge in [0, 0.05) is 17.8 Å². The fraction of sp³-hybridized carbons (Fsp3) is 0.269. The Morgan fingerprint density at radius 1 is 0.806 bits per heavy atom. The SMILES string of the molecule is CC(C)COc1ccc(NC(=O)CNc2ccc(OCCc3ccccc3)cc2)cc1. The molecule has 0 saturated heterocycles. The van der Waals surface area contributed by atoms with Crippen LogP contribution in [0, 0.1) is 5.92 Å². The van der Waals surface area contributed by atoms with E-state index in [0.717, 1.165) is 29.3 Å². The lowest BCUT2D eigenvalue weighted by Gasteiger charge is -2.11. The Labute approximate surface area is 184 Å². The van der Waals surface area contributed by atoms with Crippen LogP contribution in [0.4, 0.5) is 11.4 Å². The average molecular weight is 419 g/mol. The lowest BCUT2D eigenvalue weighted by atomic mass is 10.2. The van der Waals surface area contributed by atoms with Crippen LogP contribution >= 0.6 is 0 Å². The molecular weight excluding hydrogens is 388 g/mol. The van der Waals surface area contributed by atoms with Gasteiger partial charge in [-0.15, -0.1) is 0 Å². The second-order valence-electron chi connectivity index (χ2n) is 7.74. The number of hydrogen-bond acceptors (Lipinski definition) is 4. The van der Waals surface area contributed by atoms with Crippen LogP contribution in [0.5, 0.6) is 11.5 Å². The Balaban J connectivity index is 1.37. The van der Waals surface area contributed by atoms with Crippen molar-refractivity contribution in [3.63, 3.8) is 0 Å². The number of benzene rings is 3. The van der Waals surface area contributed by atoms with Gasteiger partial charge in [-0.2, -0.15) is 0 Å². The van der Waals surface area contributed by atoms with Crippen molar-refractivity contribution in [3.05, 3.63) is 84.4 Å². The summed E-state index contributed by atoms with van der Waals surface area (Å²) in [5.74, 6) is 1.97. The first-order valence-corrected chi connectivity index (χ1v) is 10.6. The molecule has 3 rings (SSSR count). The molecule has 0 fully saturated rings. The van der Waals surface area contributed by atoms with Crippen molar-refractivity contribution in [1.82, 2.24) is 0 Å². The molecule has 0 heterocycles. The first-order valence-electron chi connectivity index (χ1n) is 10.6. The Morgan fingerprint density at radius 3 is 2.06 bits per heavy atom. The second-order valence-corrected chi connectivity index (χ2v) is 7.74. The summed E-state index contributed by atoms with van der Waals surface area (Å²) in [6.45, 7) is 5.69. The largest absolute Gasteiger partial charge is 0.493 e. The van der Waals surface area contributed by atoms with E-state index in [0.29, 0.717) is 19.1 Å². The molecule has 162 valence electrons. The van der Waals surface area contributed by atoms with E-state index in [4.69, 9.17) is 9.47 Å². The summed E-state index contributed by atoms with van der Waals surface area (Å²) < 4.78 is 11.4. The number of carbonyl (C=O) groups is 1. The quantitative estimate of drug-likeness (QED) is 0.438. The van der Waals surface area contributed by atoms with Crippen molar-refractivity contribution in [2.24, 2.45) is 5.92 Å². The predicted octanol–water partition coefficient (Wildman–Crippen LogP) is 5.39. The van der Waals surface area contributed by atoms with Gasteiger partial charge in [-0.1, -0.05) is 44.2 Å². The average Bonchev–Trinajstić information content (AvgIpc) is 2.79. The maximum atomic E-state index is 12.2. The third kappa shape index (κ3) is 8.05. The minimum atomic E-state index is -0.112. The van der Waals surface area contributed by atoms with Crippen molar-refractivity contribution in [2.45, 2.75) is 20.3 Å². The molecule has 0 aliphatic carbocycles. The van der Waals surface area contributed by atoms with Gasteiger partial charge in [-0.25, -0.2) is 0 Å². The van der Waals surface area contributed by atoms with Crippen LogP contribution in [0.3, 0.4) is 0 Å². The molecule has 0 aliphatic heterocycles. The van der Waals surface area contributed by atoms with E-state index in [2.05, 4.69) is 36.6 Å². The van der Waals surface area contributed by atoms with Gasteiger partial charge < -0.3 is 20.1 Å². The summed E-state index contributed by atoms with van der Waals surface area (Å²) in [6, 6.07) is 25.3. The van der Waals surface area contributed by atoms with Gasteiger partial charge in [0.2, 0.25) is 5.91 Å². The highest BCUT2D eigenvalue weighted by Crippen LogP contribution is 2.18. The molecule has 0 spiro atoms. The van der Waals surface area contributed by atoms with E-state index in [-0.39, 0.29) is 12.5 Å². The normalized spacial score (nSPS) is 10.5. The minimum absolute atomic E-state index is 0.112. The van der Waals surface area contributed by atoms with Gasteiger partial charge in [0.15, 0.2) is 0 Å². The van der Waals surface area contributed by atoms with Crippen LogP contribution in [0.1, 0.15) is 19.4 Å². The van der Waals surface area contributed by atoms with E-state index in [1.165, 1.54) is 5.56 Å². The number of carbonyl (C=O) groups excluding carboxylic acids is 1. The van der Waals surface area contributed by atoms with Crippen molar-refractivity contribution >= 4 is 17.3 Å². The van der Waals surface area contributed by atoms with Gasteiger partial charge in [-0.05, 0) is 60.0 Å². The van der Waals surface area contributed by atoms with Crippen LogP contribution in [0.2, 0.25) is 0 Å². The highest BCUT2D eigenvalue weighted by Gasteiger charge is 2.04. The predicted molar refractivity (Wildman–Crippen MR) is 126 cm³/mol. The molecule has 1 amide bonds. The summed E-state index contributed by atoms with van der Waals surface area (Å²) in [7, 11) is 0. The molecule has 2 N–H and O–H groups in total. The second kappa shape index (κ2) is 11.6. The van der Waals surface area contributed by atoms with Gasteiger partial charge in [0.1, 0.15) is 11.5 Å². The zero-order valence-electron chi connectivity index (χ0n) is 18.1. The molecule has 5 nitrogen and oxygen atoms in total. The van der Waals surface area contributed by atoms with Crippen molar-refractivity contribution < 1.29 is 14.3 Å². The molecule has 0 saturated carbocycles. The van der Waals surface area contributed by atoms with Gasteiger partial charge in [0.05, 0.1) is 19.8 Å². The molecule has 0 aliphatic rings. The number of rotatable bonds is 11. The third-order valence-corrected chi connectivity index (χ3v) is 4.53. The van der Waals surface area contributed by atoms with E-state index >= 15 is 0 Å². The molecule has 5 heteroatoms. The van der Waals surface area contributed by atoms with Gasteiger partial charge in [-0.3, -0.25) is 4.79 Å². The van der Waals surface area contributed by atoms with Crippen LogP contribution in [0.15, 0.2) is 78.9 Å². The zero-order valence-corrected chi connectivity index (χ0v) is 18.1. The van der Waals surface area contributed by atoms with E-state index in [9.17, 15) is 4.79 Å². The first-order chi connectivity index (χ1) is 15.1. The van der Waals surface area contributed by atoms with E-state index in [1.807, 2.05) is 66.7 Å². The van der Waals surface area contributed by atoms with E-state index < -0.39 is 0 Å². The van der Waals surface area contributed by atoms with Crippen molar-refractivity contribution in [3.8, 4) is 11.5 Å². The van der Waals surface area contributed by atoms with Crippen LogP contribution < -0.4 is 20.1 Å². The smallest absolute Gasteiger partial charge is 0.243 e. The monoisotopic (exact) mass is 418 g/mol. The summed E-state index contributed by atoms with van der Waals surface area (Å²) in [5, 5.41) is 6.00. The first kappa shape index (κ1) is 22.2. The summed E-state index contributed by atoms with van der Waals surface area (Å²) >= 11 is 0. The summed E-state index contributed by atoms with van der Waals surface area (Å²) in [4.78, 5) is 12.2. The number of anilines is 2. The van der Waals surface area contributed by atoms with Crippen LogP contribution in [-0.2, 0) is 11.2 Å². The lowest BCUT2D eigenvalue weighted by molar-refractivity contribution is -0.114. The van der Waals surface area contributed by atoms with Crippen molar-refractivity contribution in [1.29, 1.82) is 0 Å². The molecule has 3 aromatic carbocycles. The Kier molecular flexibility index (Phi) is 8.35. The fourth-order valence-corrected chi connectivity index (χ4v) is 2.89. The molecule has 0 bridgehead atoms. The summed E-state index contributed by atoms with van der Waals surface area (Å²) in [6.07, 6.45) is 0.867. The zero-order chi connectivity index (χ0) is 21.9. The van der Waals surface area contributed by atoms with Crippen LogP contribution in [-0.4, -0.2) is 25.7 Å². The molecule has 0 radical (unpaired) electrons.